The van der Waals surface area contributed by atoms with Crippen LogP contribution in [-0.4, -0.2) is 12.1 Å². The number of nitrogens with one attached hydrogen (secondary N) is 1. The SMILES string of the molecule is O=C(N/N=C\c1cc(I)c(OCc2ccc(Br)cc2)c(I)c1)c1ccc(I)cc1. The van der Waals surface area contributed by atoms with Gasteiger partial charge in [-0.3, -0.25) is 4.79 Å². The molecule has 0 bridgehead atoms. The molecule has 0 aliphatic heterocycles. The summed E-state index contributed by atoms with van der Waals surface area (Å²) < 4.78 is 10.1. The third-order valence-electron chi connectivity index (χ3n) is 3.80. The lowest BCUT2D eigenvalue weighted by atomic mass is 10.2. The molecule has 3 aromatic carbocycles. The molecule has 0 aliphatic carbocycles. The smallest absolute Gasteiger partial charge is 0.271 e. The molecule has 148 valence electrons. The summed E-state index contributed by atoms with van der Waals surface area (Å²) in [6.45, 7) is 0.499. The standard InChI is InChI=1S/C21H14BrI3N2O2/c22-16-5-1-13(2-6-16)12-29-20-18(24)9-14(10-19(20)25)11-26-27-21(28)15-3-7-17(23)8-4-15/h1-11H,12H2,(H,27,28)/b26-11-. The summed E-state index contributed by atoms with van der Waals surface area (Å²) in [6.07, 6.45) is 1.63. The van der Waals surface area contributed by atoms with Crippen LogP contribution in [0.2, 0.25) is 0 Å². The number of amides is 1. The zero-order chi connectivity index (χ0) is 20.8. The van der Waals surface area contributed by atoms with Crippen molar-refractivity contribution in [3.63, 3.8) is 0 Å². The number of rotatable bonds is 6. The molecule has 0 aliphatic rings. The van der Waals surface area contributed by atoms with Gasteiger partial charge >= 0.3 is 0 Å². The summed E-state index contributed by atoms with van der Waals surface area (Å²) >= 11 is 10.1. The topological polar surface area (TPSA) is 50.7 Å². The molecule has 0 atom stereocenters. The van der Waals surface area contributed by atoms with E-state index in [1.165, 1.54) is 0 Å². The molecule has 8 heteroatoms. The van der Waals surface area contributed by atoms with Gasteiger partial charge in [-0.15, -0.1) is 0 Å². The summed E-state index contributed by atoms with van der Waals surface area (Å²) in [5.41, 5.74) is 5.12. The van der Waals surface area contributed by atoms with Crippen LogP contribution < -0.4 is 10.2 Å². The highest BCUT2D eigenvalue weighted by molar-refractivity contribution is 14.1. The first-order valence-electron chi connectivity index (χ1n) is 8.37. The van der Waals surface area contributed by atoms with Crippen molar-refractivity contribution in [3.05, 3.63) is 92.5 Å². The monoisotopic (exact) mass is 786 g/mol. The third-order valence-corrected chi connectivity index (χ3v) is 6.65. The molecule has 4 nitrogen and oxygen atoms in total. The molecule has 0 heterocycles. The average Bonchev–Trinajstić information content (AvgIpc) is 2.69. The lowest BCUT2D eigenvalue weighted by molar-refractivity contribution is 0.0955. The molecular formula is C21H14BrI3N2O2. The number of hydrogen-bond donors (Lipinski definition) is 1. The predicted octanol–water partition coefficient (Wildman–Crippen LogP) is 6.61. The van der Waals surface area contributed by atoms with Crippen LogP contribution >= 0.6 is 83.7 Å². The van der Waals surface area contributed by atoms with E-state index >= 15 is 0 Å². The highest BCUT2D eigenvalue weighted by Gasteiger charge is 2.09. The van der Waals surface area contributed by atoms with Crippen LogP contribution in [0.1, 0.15) is 21.5 Å². The molecule has 0 aromatic heterocycles. The molecule has 0 saturated heterocycles. The number of halogens is 4. The van der Waals surface area contributed by atoms with Gasteiger partial charge < -0.3 is 4.74 Å². The highest BCUT2D eigenvalue weighted by Crippen LogP contribution is 2.29. The fraction of sp³-hybridized carbons (Fsp3) is 0.0476. The van der Waals surface area contributed by atoms with E-state index in [2.05, 4.69) is 94.2 Å². The Morgan fingerprint density at radius 3 is 2.24 bits per heavy atom. The van der Waals surface area contributed by atoms with Crippen LogP contribution in [0.25, 0.3) is 0 Å². The maximum atomic E-state index is 12.1. The van der Waals surface area contributed by atoms with Crippen molar-refractivity contribution in [3.8, 4) is 5.75 Å². The molecule has 0 radical (unpaired) electrons. The average molecular weight is 787 g/mol. The maximum absolute atomic E-state index is 12.1. The number of carbonyl (C=O) groups excluding carboxylic acids is 1. The van der Waals surface area contributed by atoms with E-state index in [0.717, 1.165) is 32.1 Å². The van der Waals surface area contributed by atoms with E-state index in [9.17, 15) is 4.79 Å². The molecule has 1 amide bonds. The van der Waals surface area contributed by atoms with Gasteiger partial charge in [-0.2, -0.15) is 5.10 Å². The van der Waals surface area contributed by atoms with Gasteiger partial charge in [0.25, 0.3) is 5.91 Å². The van der Waals surface area contributed by atoms with Crippen molar-refractivity contribution in [1.29, 1.82) is 0 Å². The van der Waals surface area contributed by atoms with Crippen molar-refractivity contribution in [1.82, 2.24) is 5.43 Å². The minimum atomic E-state index is -0.239. The first-order chi connectivity index (χ1) is 13.9. The summed E-state index contributed by atoms with van der Waals surface area (Å²) in [5.74, 6) is 0.602. The van der Waals surface area contributed by atoms with E-state index in [0.29, 0.717) is 12.2 Å². The number of hydrogen-bond acceptors (Lipinski definition) is 3. The van der Waals surface area contributed by atoms with Gasteiger partial charge in [0.15, 0.2) is 0 Å². The molecule has 3 aromatic rings. The molecular weight excluding hydrogens is 773 g/mol. The second-order valence-corrected chi connectivity index (χ2v) is 10.4. The molecule has 29 heavy (non-hydrogen) atoms. The van der Waals surface area contributed by atoms with Crippen LogP contribution in [0.3, 0.4) is 0 Å². The van der Waals surface area contributed by atoms with Crippen molar-refractivity contribution in [2.75, 3.05) is 0 Å². The quantitative estimate of drug-likeness (QED) is 0.174. The second-order valence-electron chi connectivity index (χ2n) is 5.93. The van der Waals surface area contributed by atoms with Crippen molar-refractivity contribution in [2.45, 2.75) is 6.61 Å². The van der Waals surface area contributed by atoms with E-state index in [1.54, 1.807) is 18.3 Å². The van der Waals surface area contributed by atoms with Crippen LogP contribution in [0.5, 0.6) is 5.75 Å². The summed E-state index contributed by atoms with van der Waals surface area (Å²) in [5, 5.41) is 4.08. The Hall–Kier alpha value is -0.730. The number of nitrogens with zero attached hydrogens (tertiary/aromatic N) is 1. The normalized spacial score (nSPS) is 10.9. The van der Waals surface area contributed by atoms with E-state index < -0.39 is 0 Å². The lowest BCUT2D eigenvalue weighted by Gasteiger charge is -2.11. The van der Waals surface area contributed by atoms with E-state index in [4.69, 9.17) is 4.74 Å². The van der Waals surface area contributed by atoms with Crippen molar-refractivity contribution < 1.29 is 9.53 Å². The Bertz CT molecular complexity index is 1020. The van der Waals surface area contributed by atoms with Gasteiger partial charge in [-0.05, 0) is 127 Å². The fourth-order valence-electron chi connectivity index (χ4n) is 2.36. The van der Waals surface area contributed by atoms with Gasteiger partial charge in [0.1, 0.15) is 12.4 Å². The molecule has 0 saturated carbocycles. The van der Waals surface area contributed by atoms with Crippen LogP contribution in [0.4, 0.5) is 0 Å². The van der Waals surface area contributed by atoms with E-state index in [-0.39, 0.29) is 5.91 Å². The Morgan fingerprint density at radius 2 is 1.62 bits per heavy atom. The summed E-state index contributed by atoms with van der Waals surface area (Å²) in [7, 11) is 0. The molecule has 0 spiro atoms. The fourth-order valence-corrected chi connectivity index (χ4v) is 5.11. The zero-order valence-corrected chi connectivity index (χ0v) is 22.9. The van der Waals surface area contributed by atoms with Gasteiger partial charge in [0.2, 0.25) is 0 Å². The predicted molar refractivity (Wildman–Crippen MR) is 145 cm³/mol. The number of benzene rings is 3. The Kier molecular flexibility index (Phi) is 8.74. The summed E-state index contributed by atoms with van der Waals surface area (Å²) in [6, 6.07) is 19.3. The Labute approximate surface area is 218 Å². The Morgan fingerprint density at radius 1 is 1.00 bits per heavy atom. The van der Waals surface area contributed by atoms with Crippen LogP contribution in [-0.2, 0) is 6.61 Å². The van der Waals surface area contributed by atoms with Crippen molar-refractivity contribution in [2.24, 2.45) is 5.10 Å². The second kappa shape index (κ2) is 11.0. The van der Waals surface area contributed by atoms with Crippen molar-refractivity contribution >= 4 is 95.8 Å². The minimum Gasteiger partial charge on any atom is -0.487 e. The van der Waals surface area contributed by atoms with Gasteiger partial charge in [0.05, 0.1) is 13.4 Å². The zero-order valence-electron chi connectivity index (χ0n) is 14.8. The molecule has 0 fully saturated rings. The molecule has 0 unspecified atom stereocenters. The van der Waals surface area contributed by atoms with Gasteiger partial charge in [-0.1, -0.05) is 28.1 Å². The van der Waals surface area contributed by atoms with Gasteiger partial charge in [0, 0.05) is 13.6 Å². The Balaban J connectivity index is 1.63. The third kappa shape index (κ3) is 6.89. The lowest BCUT2D eigenvalue weighted by Crippen LogP contribution is -2.17. The highest BCUT2D eigenvalue weighted by atomic mass is 127. The first-order valence-corrected chi connectivity index (χ1v) is 12.4. The number of ether oxygens (including phenoxy) is 1. The minimum absolute atomic E-state index is 0.239. The maximum Gasteiger partial charge on any atom is 0.271 e. The van der Waals surface area contributed by atoms with E-state index in [1.807, 2.05) is 48.5 Å². The largest absolute Gasteiger partial charge is 0.487 e. The number of hydrazone groups is 1. The summed E-state index contributed by atoms with van der Waals surface area (Å²) in [4.78, 5) is 12.1. The van der Waals surface area contributed by atoms with Crippen LogP contribution in [0.15, 0.2) is 70.2 Å². The first kappa shape index (κ1) is 22.9. The number of carbonyl (C=O) groups is 1. The van der Waals surface area contributed by atoms with Crippen LogP contribution in [0, 0.1) is 10.7 Å². The molecule has 3 rings (SSSR count). The van der Waals surface area contributed by atoms with Gasteiger partial charge in [-0.25, -0.2) is 5.43 Å². The molecule has 1 N–H and O–H groups in total.